The summed E-state index contributed by atoms with van der Waals surface area (Å²) in [4.78, 5) is 2.74. The Morgan fingerprint density at radius 3 is 1.97 bits per heavy atom. The van der Waals surface area contributed by atoms with Crippen LogP contribution in [-0.4, -0.2) is 11.4 Å². The van der Waals surface area contributed by atoms with Crippen LogP contribution in [0.15, 0.2) is 160 Å². The van der Waals surface area contributed by atoms with Crippen LogP contribution >= 0.6 is 0 Å². The van der Waals surface area contributed by atoms with E-state index in [-0.39, 0.29) is 17.7 Å². The first-order valence-corrected chi connectivity index (χ1v) is 28.0. The van der Waals surface area contributed by atoms with Crippen molar-refractivity contribution in [2.24, 2.45) is 29.6 Å². The summed E-state index contributed by atoms with van der Waals surface area (Å²) in [5.74, 6) is 4.25. The minimum atomic E-state index is -0.128. The summed E-state index contributed by atoms with van der Waals surface area (Å²) in [7, 11) is 0. The fraction of sp³-hybridized carbons (Fsp3) is 0.294. The molecular formula is C68H57BN2O2. The van der Waals surface area contributed by atoms with Gasteiger partial charge in [0.25, 0.3) is 0 Å². The number of benzene rings is 8. The second kappa shape index (κ2) is 14.2. The molecule has 2 aliphatic heterocycles. The van der Waals surface area contributed by atoms with Gasteiger partial charge in [0.1, 0.15) is 16.7 Å². The van der Waals surface area contributed by atoms with Gasteiger partial charge in [-0.3, -0.25) is 0 Å². The number of para-hydroxylation sites is 2. The van der Waals surface area contributed by atoms with Gasteiger partial charge >= 0.3 is 6.85 Å². The lowest BCUT2D eigenvalue weighted by Gasteiger charge is -2.57. The summed E-state index contributed by atoms with van der Waals surface area (Å²) < 4.78 is 16.9. The van der Waals surface area contributed by atoms with E-state index in [1.165, 1.54) is 160 Å². The van der Waals surface area contributed by atoms with Crippen LogP contribution in [0, 0.1) is 29.6 Å². The number of rotatable bonds is 5. The molecule has 6 saturated carbocycles. The highest BCUT2D eigenvalue weighted by molar-refractivity contribution is 6.94. The molecule has 11 aromatic rings. The highest BCUT2D eigenvalue weighted by Gasteiger charge is 2.54. The Bertz CT molecular complexity index is 4140. The molecule has 0 saturated heterocycles. The van der Waals surface area contributed by atoms with Crippen LogP contribution in [0.2, 0.25) is 0 Å². The Morgan fingerprint density at radius 2 is 1.22 bits per heavy atom. The second-order valence-electron chi connectivity index (χ2n) is 24.6. The maximum absolute atomic E-state index is 7.34. The number of hydrogen-bond donors (Lipinski definition) is 0. The third-order valence-corrected chi connectivity index (χ3v) is 20.9. The zero-order valence-corrected chi connectivity index (χ0v) is 41.6. The summed E-state index contributed by atoms with van der Waals surface area (Å²) >= 11 is 0. The van der Waals surface area contributed by atoms with E-state index in [9.17, 15) is 0 Å². The summed E-state index contributed by atoms with van der Waals surface area (Å²) in [6.07, 6.45) is 16.4. The molecule has 354 valence electrons. The fourth-order valence-corrected chi connectivity index (χ4v) is 18.3. The first-order chi connectivity index (χ1) is 36.0. The molecule has 0 amide bonds. The Hall–Kier alpha value is -6.98. The Labute approximate surface area is 426 Å². The number of anilines is 2. The topological polar surface area (TPSA) is 34.5 Å². The average Bonchev–Trinajstić information content (AvgIpc) is 4.19. The molecule has 6 bridgehead atoms. The molecule has 73 heavy (non-hydrogen) atoms. The Balaban J connectivity index is 1.00. The van der Waals surface area contributed by atoms with E-state index in [1.807, 2.05) is 0 Å². The Kier molecular flexibility index (Phi) is 7.88. The van der Waals surface area contributed by atoms with Crippen LogP contribution in [0.1, 0.15) is 95.1 Å². The van der Waals surface area contributed by atoms with Crippen molar-refractivity contribution in [2.75, 3.05) is 4.81 Å². The van der Waals surface area contributed by atoms with Gasteiger partial charge in [0.2, 0.25) is 0 Å². The van der Waals surface area contributed by atoms with E-state index < -0.39 is 0 Å². The van der Waals surface area contributed by atoms with E-state index in [0.29, 0.717) is 0 Å². The second-order valence-corrected chi connectivity index (χ2v) is 24.6. The molecule has 0 N–H and O–H groups in total. The fourth-order valence-electron chi connectivity index (χ4n) is 18.3. The first-order valence-electron chi connectivity index (χ1n) is 28.0. The highest BCUT2D eigenvalue weighted by Crippen LogP contribution is 2.62. The van der Waals surface area contributed by atoms with Gasteiger partial charge in [0.15, 0.2) is 5.58 Å². The SMILES string of the molecule is CCC1(c2ccc3c(c2)c2cc(C45CC6CC(CC(C6)C4)C5)cc4c2n3-c2c3c(cc5c2oc2ccccc25)-c2c(ccc5oc6ccccc6c25)N(c2ccc(-c5ccccc5)cc2)B34)CC2CCC(C2)C1. The molecule has 3 aromatic heterocycles. The van der Waals surface area contributed by atoms with Crippen LogP contribution in [0.4, 0.5) is 11.4 Å². The minimum absolute atomic E-state index is 0.128. The molecule has 2 unspecified atom stereocenters. The monoisotopic (exact) mass is 944 g/mol. The molecule has 0 spiro atoms. The number of furan rings is 2. The summed E-state index contributed by atoms with van der Waals surface area (Å²) in [6, 6.07) is 58.3. The Morgan fingerprint density at radius 1 is 0.548 bits per heavy atom. The molecule has 2 atom stereocenters. The standard InChI is InChI=1S/C68H57BN2O2/c1-2-67(34-39-16-17-40(26-39)35-67)46-20-23-56-51(30-46)52-31-47(68-36-41-27-42(37-68)29-43(28-41)38-68)32-55-64(52)70(56)65-63-54(33-53-49-12-6-8-14-58(49)73-66(53)65)61-57(24-25-60-62(61)50-13-7-9-15-59(50)72-60)71(69(55)63)48-21-18-45(19-22-48)44-10-4-3-5-11-44/h3-15,18-25,30-33,39-43H,2,16-17,26-29,34-38H2,1H3. The molecular weight excluding hydrogens is 888 g/mol. The molecule has 5 heterocycles. The number of hydrogen-bond acceptors (Lipinski definition) is 3. The minimum Gasteiger partial charge on any atom is -0.456 e. The lowest BCUT2D eigenvalue weighted by Crippen LogP contribution is -2.61. The third-order valence-electron chi connectivity index (χ3n) is 20.9. The van der Waals surface area contributed by atoms with Crippen molar-refractivity contribution in [3.8, 4) is 27.9 Å². The summed E-state index contributed by atoms with van der Waals surface area (Å²) in [5, 5.41) is 7.52. The van der Waals surface area contributed by atoms with Crippen LogP contribution in [0.5, 0.6) is 0 Å². The van der Waals surface area contributed by atoms with Gasteiger partial charge in [-0.2, -0.15) is 0 Å². The predicted molar refractivity (Wildman–Crippen MR) is 302 cm³/mol. The van der Waals surface area contributed by atoms with Crippen LogP contribution in [-0.2, 0) is 10.8 Å². The van der Waals surface area contributed by atoms with Crippen molar-refractivity contribution in [3.05, 3.63) is 163 Å². The molecule has 6 fully saturated rings. The predicted octanol–water partition coefficient (Wildman–Crippen LogP) is 16.8. The maximum Gasteiger partial charge on any atom is 0.333 e. The highest BCUT2D eigenvalue weighted by atomic mass is 16.3. The van der Waals surface area contributed by atoms with E-state index in [4.69, 9.17) is 8.83 Å². The van der Waals surface area contributed by atoms with Crippen LogP contribution in [0.25, 0.3) is 93.6 Å². The summed E-state index contributed by atoms with van der Waals surface area (Å²) in [5.41, 5.74) is 21.4. The molecule has 6 aliphatic carbocycles. The normalized spacial score (nSPS) is 26.3. The maximum atomic E-state index is 7.34. The molecule has 4 nitrogen and oxygen atoms in total. The van der Waals surface area contributed by atoms with Gasteiger partial charge in [-0.25, -0.2) is 0 Å². The molecule has 19 rings (SSSR count). The molecule has 5 heteroatoms. The van der Waals surface area contributed by atoms with Gasteiger partial charge in [0, 0.05) is 49.3 Å². The van der Waals surface area contributed by atoms with Gasteiger partial charge in [-0.1, -0.05) is 111 Å². The molecule has 8 aliphatic rings. The smallest absolute Gasteiger partial charge is 0.333 e. The number of nitrogens with zero attached hydrogens (tertiary/aromatic N) is 2. The van der Waals surface area contributed by atoms with Crippen molar-refractivity contribution < 1.29 is 8.83 Å². The number of fused-ring (bicyclic) bond motifs is 17. The summed E-state index contributed by atoms with van der Waals surface area (Å²) in [6.45, 7) is 2.36. The van der Waals surface area contributed by atoms with Crippen LogP contribution in [0.3, 0.4) is 0 Å². The lowest BCUT2D eigenvalue weighted by atomic mass is 9.42. The van der Waals surface area contributed by atoms with Crippen molar-refractivity contribution in [2.45, 2.75) is 94.8 Å². The van der Waals surface area contributed by atoms with E-state index in [2.05, 4.69) is 168 Å². The van der Waals surface area contributed by atoms with Gasteiger partial charge in [-0.15, -0.1) is 0 Å². The number of aromatic nitrogens is 1. The molecule has 0 radical (unpaired) electrons. The molecule has 8 aromatic carbocycles. The van der Waals surface area contributed by atoms with Crippen LogP contribution < -0.4 is 15.7 Å². The van der Waals surface area contributed by atoms with E-state index in [0.717, 1.165) is 62.7 Å². The van der Waals surface area contributed by atoms with Crippen molar-refractivity contribution in [3.63, 3.8) is 0 Å². The van der Waals surface area contributed by atoms with Gasteiger partial charge in [-0.05, 0) is 204 Å². The van der Waals surface area contributed by atoms with Gasteiger partial charge in [0.05, 0.1) is 16.7 Å². The average molecular weight is 945 g/mol. The largest absolute Gasteiger partial charge is 0.456 e. The van der Waals surface area contributed by atoms with Crippen molar-refractivity contribution in [1.82, 2.24) is 4.57 Å². The van der Waals surface area contributed by atoms with Crippen molar-refractivity contribution in [1.29, 1.82) is 0 Å². The zero-order chi connectivity index (χ0) is 47.5. The van der Waals surface area contributed by atoms with E-state index >= 15 is 0 Å². The quantitative estimate of drug-likeness (QED) is 0.161. The van der Waals surface area contributed by atoms with Gasteiger partial charge < -0.3 is 18.2 Å². The third kappa shape index (κ3) is 5.34. The van der Waals surface area contributed by atoms with Crippen molar-refractivity contribution >= 4 is 94.8 Å². The van der Waals surface area contributed by atoms with E-state index in [1.54, 1.807) is 11.1 Å². The lowest BCUT2D eigenvalue weighted by molar-refractivity contribution is -0.00509. The first kappa shape index (κ1) is 40.5. The zero-order valence-electron chi connectivity index (χ0n) is 41.6.